The molecule has 0 aliphatic heterocycles. The smallest absolute Gasteiger partial charge is 0.137 e. The van der Waals surface area contributed by atoms with Crippen molar-refractivity contribution in [3.8, 4) is 33.4 Å². The molecule has 8 aromatic rings. The Balaban J connectivity index is 1.30. The van der Waals surface area contributed by atoms with E-state index in [9.17, 15) is 0 Å². The molecular formula is C48H37NO. The molecule has 7 aromatic carbocycles. The van der Waals surface area contributed by atoms with Crippen LogP contribution < -0.4 is 4.90 Å². The summed E-state index contributed by atoms with van der Waals surface area (Å²) in [7, 11) is 0. The van der Waals surface area contributed by atoms with Crippen LogP contribution >= 0.6 is 0 Å². The minimum Gasteiger partial charge on any atom is -0.456 e. The Bertz CT molecular complexity index is 2660. The Labute approximate surface area is 293 Å². The van der Waals surface area contributed by atoms with Gasteiger partial charge in [0.05, 0.1) is 11.1 Å². The van der Waals surface area contributed by atoms with E-state index in [-0.39, 0.29) is 10.8 Å². The molecule has 2 heteroatoms. The van der Waals surface area contributed by atoms with Gasteiger partial charge in [-0.3, -0.25) is 0 Å². The fourth-order valence-corrected chi connectivity index (χ4v) is 9.09. The normalized spacial score (nSPS) is 14.7. The lowest BCUT2D eigenvalue weighted by Crippen LogP contribution is -2.18. The highest BCUT2D eigenvalue weighted by Gasteiger charge is 2.39. The SMILES string of the molecule is CC1(C)c2ccccc2-c2ccc(N(c3cc(-c4ccccc4)c4c(c3)-c3ccccc3C4(C)C)c3cccc4oc5ccccc5c34)cc21. The first-order chi connectivity index (χ1) is 24.3. The van der Waals surface area contributed by atoms with Gasteiger partial charge in [-0.1, -0.05) is 137 Å². The molecule has 10 rings (SSSR count). The van der Waals surface area contributed by atoms with E-state index >= 15 is 0 Å². The first-order valence-corrected chi connectivity index (χ1v) is 17.6. The number of hydrogen-bond acceptors (Lipinski definition) is 2. The van der Waals surface area contributed by atoms with Crippen molar-refractivity contribution in [3.05, 3.63) is 174 Å². The van der Waals surface area contributed by atoms with Gasteiger partial charge in [-0.2, -0.15) is 0 Å². The second-order valence-electron chi connectivity index (χ2n) is 14.9. The molecule has 2 nitrogen and oxygen atoms in total. The highest BCUT2D eigenvalue weighted by atomic mass is 16.3. The number of nitrogens with zero attached hydrogens (tertiary/aromatic N) is 1. The number of rotatable bonds is 4. The van der Waals surface area contributed by atoms with E-state index < -0.39 is 0 Å². The van der Waals surface area contributed by atoms with Crippen LogP contribution in [0.5, 0.6) is 0 Å². The van der Waals surface area contributed by atoms with Crippen LogP contribution in [0.25, 0.3) is 55.3 Å². The summed E-state index contributed by atoms with van der Waals surface area (Å²) in [4.78, 5) is 2.48. The summed E-state index contributed by atoms with van der Waals surface area (Å²) in [6.07, 6.45) is 0. The zero-order valence-corrected chi connectivity index (χ0v) is 28.8. The Morgan fingerprint density at radius 1 is 0.440 bits per heavy atom. The monoisotopic (exact) mass is 643 g/mol. The summed E-state index contributed by atoms with van der Waals surface area (Å²) in [5, 5.41) is 2.24. The van der Waals surface area contributed by atoms with Crippen molar-refractivity contribution in [2.75, 3.05) is 4.90 Å². The van der Waals surface area contributed by atoms with Crippen LogP contribution in [-0.4, -0.2) is 0 Å². The van der Waals surface area contributed by atoms with E-state index in [1.165, 1.54) is 55.6 Å². The van der Waals surface area contributed by atoms with Crippen LogP contribution in [0.1, 0.15) is 49.9 Å². The average molecular weight is 644 g/mol. The highest BCUT2D eigenvalue weighted by molar-refractivity contribution is 6.13. The van der Waals surface area contributed by atoms with E-state index in [0.717, 1.165) is 39.0 Å². The third kappa shape index (κ3) is 3.96. The molecule has 0 N–H and O–H groups in total. The predicted octanol–water partition coefficient (Wildman–Crippen LogP) is 13.3. The number of fused-ring (bicyclic) bond motifs is 9. The molecule has 0 bridgehead atoms. The molecule has 0 saturated carbocycles. The molecule has 0 unspecified atom stereocenters. The maximum absolute atomic E-state index is 6.48. The molecule has 0 atom stereocenters. The fraction of sp³-hybridized carbons (Fsp3) is 0.125. The van der Waals surface area contributed by atoms with Gasteiger partial charge in [-0.05, 0) is 98.1 Å². The fourth-order valence-electron chi connectivity index (χ4n) is 9.09. The number of benzene rings is 7. The van der Waals surface area contributed by atoms with Crippen LogP contribution in [0, 0.1) is 0 Å². The van der Waals surface area contributed by atoms with Crippen molar-refractivity contribution in [2.24, 2.45) is 0 Å². The largest absolute Gasteiger partial charge is 0.456 e. The van der Waals surface area contributed by atoms with E-state index in [1.807, 2.05) is 6.07 Å². The maximum Gasteiger partial charge on any atom is 0.137 e. The Kier molecular flexibility index (Phi) is 6.01. The second-order valence-corrected chi connectivity index (χ2v) is 14.9. The van der Waals surface area contributed by atoms with E-state index in [2.05, 4.69) is 178 Å². The van der Waals surface area contributed by atoms with Gasteiger partial charge in [-0.15, -0.1) is 0 Å². The van der Waals surface area contributed by atoms with Crippen LogP contribution in [0.15, 0.2) is 156 Å². The number of furan rings is 1. The van der Waals surface area contributed by atoms with Crippen LogP contribution in [0.3, 0.4) is 0 Å². The predicted molar refractivity (Wildman–Crippen MR) is 209 cm³/mol. The molecule has 0 saturated heterocycles. The quantitative estimate of drug-likeness (QED) is 0.190. The van der Waals surface area contributed by atoms with Gasteiger partial charge in [0.1, 0.15) is 11.2 Å². The number of anilines is 3. The van der Waals surface area contributed by atoms with Gasteiger partial charge in [-0.25, -0.2) is 0 Å². The van der Waals surface area contributed by atoms with Gasteiger partial charge in [0.25, 0.3) is 0 Å². The van der Waals surface area contributed by atoms with Gasteiger partial charge < -0.3 is 9.32 Å². The lowest BCUT2D eigenvalue weighted by atomic mass is 9.78. The summed E-state index contributed by atoms with van der Waals surface area (Å²) in [5.74, 6) is 0. The zero-order valence-electron chi connectivity index (χ0n) is 28.8. The van der Waals surface area contributed by atoms with Crippen molar-refractivity contribution in [1.82, 2.24) is 0 Å². The van der Waals surface area contributed by atoms with Gasteiger partial charge >= 0.3 is 0 Å². The van der Waals surface area contributed by atoms with Crippen molar-refractivity contribution in [1.29, 1.82) is 0 Å². The first-order valence-electron chi connectivity index (χ1n) is 17.6. The van der Waals surface area contributed by atoms with E-state index in [4.69, 9.17) is 4.42 Å². The van der Waals surface area contributed by atoms with Gasteiger partial charge in [0.2, 0.25) is 0 Å². The molecule has 1 aromatic heterocycles. The minimum atomic E-state index is -0.148. The summed E-state index contributed by atoms with van der Waals surface area (Å²) in [5.41, 5.74) is 18.1. The summed E-state index contributed by atoms with van der Waals surface area (Å²) < 4.78 is 6.48. The molecular weight excluding hydrogens is 607 g/mol. The Morgan fingerprint density at radius 3 is 1.86 bits per heavy atom. The molecule has 2 aliphatic carbocycles. The van der Waals surface area contributed by atoms with E-state index in [1.54, 1.807) is 0 Å². The molecule has 2 aliphatic rings. The second kappa shape index (κ2) is 10.3. The van der Waals surface area contributed by atoms with Gasteiger partial charge in [0, 0.05) is 27.6 Å². The molecule has 0 fully saturated rings. The van der Waals surface area contributed by atoms with Crippen molar-refractivity contribution in [3.63, 3.8) is 0 Å². The number of para-hydroxylation sites is 1. The zero-order chi connectivity index (χ0) is 33.8. The van der Waals surface area contributed by atoms with Crippen LogP contribution in [0.2, 0.25) is 0 Å². The molecule has 0 amide bonds. The summed E-state index contributed by atoms with van der Waals surface area (Å²) >= 11 is 0. The lowest BCUT2D eigenvalue weighted by molar-refractivity contribution is 0.660. The molecule has 240 valence electrons. The first kappa shape index (κ1) is 29.1. The third-order valence-corrected chi connectivity index (χ3v) is 11.4. The minimum absolute atomic E-state index is 0.127. The summed E-state index contributed by atoms with van der Waals surface area (Å²) in [6.45, 7) is 9.47. The van der Waals surface area contributed by atoms with Crippen molar-refractivity contribution in [2.45, 2.75) is 38.5 Å². The lowest BCUT2D eigenvalue weighted by Gasteiger charge is -2.31. The van der Waals surface area contributed by atoms with Crippen LogP contribution in [0.4, 0.5) is 17.1 Å². The summed E-state index contributed by atoms with van der Waals surface area (Å²) in [6, 6.07) is 55.6. The van der Waals surface area contributed by atoms with Crippen molar-refractivity contribution >= 4 is 39.0 Å². The standard InChI is InChI=1S/C48H37NO/c1-47(2)39-20-11-8-17-33(39)35-26-25-31(29-41(35)47)49(42-22-14-24-44-45(42)36-19-10-13-23-43(36)50-44)32-27-37(30-15-6-5-7-16-30)46-38(28-32)34-18-9-12-21-40(34)48(46,3)4/h5-29H,1-4H3. The Hall–Kier alpha value is -5.86. The highest BCUT2D eigenvalue weighted by Crippen LogP contribution is 2.56. The molecule has 50 heavy (non-hydrogen) atoms. The topological polar surface area (TPSA) is 16.4 Å². The average Bonchev–Trinajstić information content (AvgIpc) is 3.72. The molecule has 0 spiro atoms. The third-order valence-electron chi connectivity index (χ3n) is 11.4. The molecule has 1 heterocycles. The van der Waals surface area contributed by atoms with Crippen molar-refractivity contribution < 1.29 is 4.42 Å². The van der Waals surface area contributed by atoms with Gasteiger partial charge in [0.15, 0.2) is 0 Å². The maximum atomic E-state index is 6.48. The molecule has 0 radical (unpaired) electrons. The van der Waals surface area contributed by atoms with E-state index in [0.29, 0.717) is 0 Å². The number of hydrogen-bond donors (Lipinski definition) is 0. The Morgan fingerprint density at radius 2 is 1.06 bits per heavy atom. The van der Waals surface area contributed by atoms with Crippen LogP contribution in [-0.2, 0) is 10.8 Å².